The van der Waals surface area contributed by atoms with Crippen molar-refractivity contribution >= 4 is 11.6 Å². The van der Waals surface area contributed by atoms with E-state index in [4.69, 9.17) is 5.73 Å². The number of rotatable bonds is 3. The molecule has 0 aliphatic rings. The van der Waals surface area contributed by atoms with Crippen LogP contribution in [0, 0.1) is 6.92 Å². The van der Waals surface area contributed by atoms with Crippen LogP contribution in [0.3, 0.4) is 0 Å². The second-order valence-corrected chi connectivity index (χ2v) is 3.80. The Morgan fingerprint density at radius 3 is 2.71 bits per heavy atom. The average Bonchev–Trinajstić information content (AvgIpc) is 2.02. The Morgan fingerprint density at radius 2 is 2.21 bits per heavy atom. The average molecular weight is 193 g/mol. The SMILES string of the molecule is Cc1cc(NC(C)(C)C(N)=O)ccn1. The lowest BCUT2D eigenvalue weighted by atomic mass is 10.0. The van der Waals surface area contributed by atoms with Crippen molar-refractivity contribution in [2.75, 3.05) is 5.32 Å². The van der Waals surface area contributed by atoms with Crippen LogP contribution in [0.2, 0.25) is 0 Å². The normalized spacial score (nSPS) is 11.1. The molecule has 4 nitrogen and oxygen atoms in total. The first kappa shape index (κ1) is 10.5. The van der Waals surface area contributed by atoms with Crippen LogP contribution in [0.4, 0.5) is 5.69 Å². The Bertz CT molecular complexity index is 347. The summed E-state index contributed by atoms with van der Waals surface area (Å²) in [5.41, 5.74) is 6.24. The molecular formula is C10H15N3O. The van der Waals surface area contributed by atoms with Gasteiger partial charge in [-0.1, -0.05) is 0 Å². The fourth-order valence-electron chi connectivity index (χ4n) is 1.05. The second-order valence-electron chi connectivity index (χ2n) is 3.80. The summed E-state index contributed by atoms with van der Waals surface area (Å²) < 4.78 is 0. The molecule has 0 atom stereocenters. The lowest BCUT2D eigenvalue weighted by Gasteiger charge is -2.23. The predicted octanol–water partition coefficient (Wildman–Crippen LogP) is 1.07. The third kappa shape index (κ3) is 2.45. The molecule has 1 heterocycles. The minimum atomic E-state index is -0.742. The van der Waals surface area contributed by atoms with Gasteiger partial charge in [-0.2, -0.15) is 0 Å². The van der Waals surface area contributed by atoms with Crippen molar-refractivity contribution in [2.24, 2.45) is 5.73 Å². The zero-order valence-electron chi connectivity index (χ0n) is 8.66. The monoisotopic (exact) mass is 193 g/mol. The summed E-state index contributed by atoms with van der Waals surface area (Å²) in [5, 5.41) is 3.04. The maximum Gasteiger partial charge on any atom is 0.242 e. The van der Waals surface area contributed by atoms with Gasteiger partial charge in [0.05, 0.1) is 0 Å². The first-order valence-electron chi connectivity index (χ1n) is 4.42. The molecule has 0 unspecified atom stereocenters. The number of nitrogens with two attached hydrogens (primary N) is 1. The summed E-state index contributed by atoms with van der Waals surface area (Å²) in [5.74, 6) is -0.382. The molecule has 1 amide bonds. The van der Waals surface area contributed by atoms with Crippen LogP contribution in [0.15, 0.2) is 18.3 Å². The molecule has 3 N–H and O–H groups in total. The van der Waals surface area contributed by atoms with Gasteiger partial charge in [0.2, 0.25) is 5.91 Å². The molecule has 0 radical (unpaired) electrons. The number of aromatic nitrogens is 1. The molecule has 14 heavy (non-hydrogen) atoms. The lowest BCUT2D eigenvalue weighted by Crippen LogP contribution is -2.45. The zero-order valence-corrected chi connectivity index (χ0v) is 8.66. The van der Waals surface area contributed by atoms with E-state index in [1.54, 1.807) is 26.1 Å². The second kappa shape index (κ2) is 3.65. The number of nitrogens with zero attached hydrogens (tertiary/aromatic N) is 1. The van der Waals surface area contributed by atoms with Crippen LogP contribution < -0.4 is 11.1 Å². The lowest BCUT2D eigenvalue weighted by molar-refractivity contribution is -0.121. The van der Waals surface area contributed by atoms with Gasteiger partial charge in [0, 0.05) is 17.6 Å². The van der Waals surface area contributed by atoms with Crippen LogP contribution in [0.1, 0.15) is 19.5 Å². The van der Waals surface area contributed by atoms with Crippen molar-refractivity contribution in [3.8, 4) is 0 Å². The van der Waals surface area contributed by atoms with E-state index in [1.807, 2.05) is 13.0 Å². The van der Waals surface area contributed by atoms with E-state index < -0.39 is 5.54 Å². The molecule has 0 aliphatic heterocycles. The van der Waals surface area contributed by atoms with Crippen LogP contribution in [-0.4, -0.2) is 16.4 Å². The fraction of sp³-hybridized carbons (Fsp3) is 0.400. The largest absolute Gasteiger partial charge is 0.372 e. The summed E-state index contributed by atoms with van der Waals surface area (Å²) in [7, 11) is 0. The van der Waals surface area contributed by atoms with E-state index in [0.29, 0.717) is 0 Å². The maximum atomic E-state index is 11.1. The van der Waals surface area contributed by atoms with Crippen LogP contribution in [0.5, 0.6) is 0 Å². The molecule has 0 aromatic carbocycles. The Morgan fingerprint density at radius 1 is 1.57 bits per heavy atom. The van der Waals surface area contributed by atoms with Gasteiger partial charge in [-0.3, -0.25) is 9.78 Å². The summed E-state index contributed by atoms with van der Waals surface area (Å²) in [6, 6.07) is 3.67. The number of aryl methyl sites for hydroxylation is 1. The zero-order chi connectivity index (χ0) is 10.8. The first-order valence-corrected chi connectivity index (χ1v) is 4.42. The molecule has 0 spiro atoms. The summed E-state index contributed by atoms with van der Waals surface area (Å²) >= 11 is 0. The summed E-state index contributed by atoms with van der Waals surface area (Å²) in [4.78, 5) is 15.1. The molecule has 4 heteroatoms. The Kier molecular flexibility index (Phi) is 2.74. The number of nitrogens with one attached hydrogen (secondary N) is 1. The molecule has 0 fully saturated rings. The first-order chi connectivity index (χ1) is 6.42. The molecule has 76 valence electrons. The van der Waals surface area contributed by atoms with Gasteiger partial charge >= 0.3 is 0 Å². The number of pyridine rings is 1. The molecule has 0 saturated heterocycles. The molecule has 0 aliphatic carbocycles. The highest BCUT2D eigenvalue weighted by Gasteiger charge is 2.24. The molecule has 0 bridgehead atoms. The summed E-state index contributed by atoms with van der Waals surface area (Å²) in [6.45, 7) is 5.37. The van der Waals surface area contributed by atoms with Crippen molar-refractivity contribution in [1.29, 1.82) is 0 Å². The van der Waals surface area contributed by atoms with Gasteiger partial charge in [0.25, 0.3) is 0 Å². The fourth-order valence-corrected chi connectivity index (χ4v) is 1.05. The smallest absolute Gasteiger partial charge is 0.242 e. The van der Waals surface area contributed by atoms with Crippen LogP contribution in [0.25, 0.3) is 0 Å². The number of anilines is 1. The van der Waals surface area contributed by atoms with Crippen molar-refractivity contribution < 1.29 is 4.79 Å². The quantitative estimate of drug-likeness (QED) is 0.754. The van der Waals surface area contributed by atoms with E-state index in [1.165, 1.54) is 0 Å². The van der Waals surface area contributed by atoms with Crippen molar-refractivity contribution in [1.82, 2.24) is 4.98 Å². The number of hydrogen-bond donors (Lipinski definition) is 2. The number of carbonyl (C=O) groups excluding carboxylic acids is 1. The molecule has 1 rings (SSSR count). The topological polar surface area (TPSA) is 68.0 Å². The predicted molar refractivity (Wildman–Crippen MR) is 55.9 cm³/mol. The standard InChI is InChI=1S/C10H15N3O/c1-7-6-8(4-5-12-7)13-10(2,3)9(11)14/h4-6H,1-3H3,(H2,11,14)(H,12,13). The van der Waals surface area contributed by atoms with Gasteiger partial charge in [-0.15, -0.1) is 0 Å². The number of carbonyl (C=O) groups is 1. The van der Waals surface area contributed by atoms with Crippen molar-refractivity contribution in [3.63, 3.8) is 0 Å². The van der Waals surface area contributed by atoms with Crippen LogP contribution in [-0.2, 0) is 4.79 Å². The van der Waals surface area contributed by atoms with Crippen molar-refractivity contribution in [3.05, 3.63) is 24.0 Å². The molecule has 1 aromatic heterocycles. The number of amides is 1. The van der Waals surface area contributed by atoms with Gasteiger partial charge < -0.3 is 11.1 Å². The van der Waals surface area contributed by atoms with Gasteiger partial charge in [0.15, 0.2) is 0 Å². The van der Waals surface area contributed by atoms with Gasteiger partial charge in [-0.25, -0.2) is 0 Å². The van der Waals surface area contributed by atoms with Crippen LogP contribution >= 0.6 is 0 Å². The molecule has 1 aromatic rings. The Balaban J connectivity index is 2.83. The van der Waals surface area contributed by atoms with E-state index in [9.17, 15) is 4.79 Å². The minimum absolute atomic E-state index is 0.382. The van der Waals surface area contributed by atoms with E-state index in [0.717, 1.165) is 11.4 Å². The number of primary amides is 1. The Labute approximate surface area is 83.5 Å². The van der Waals surface area contributed by atoms with Gasteiger partial charge in [0.1, 0.15) is 5.54 Å². The van der Waals surface area contributed by atoms with E-state index >= 15 is 0 Å². The Hall–Kier alpha value is -1.58. The molecular weight excluding hydrogens is 178 g/mol. The maximum absolute atomic E-state index is 11.1. The van der Waals surface area contributed by atoms with E-state index in [-0.39, 0.29) is 5.91 Å². The molecule has 0 saturated carbocycles. The highest BCUT2D eigenvalue weighted by atomic mass is 16.1. The highest BCUT2D eigenvalue weighted by molar-refractivity contribution is 5.86. The van der Waals surface area contributed by atoms with Crippen molar-refractivity contribution in [2.45, 2.75) is 26.3 Å². The minimum Gasteiger partial charge on any atom is -0.372 e. The third-order valence-corrected chi connectivity index (χ3v) is 1.97. The third-order valence-electron chi connectivity index (χ3n) is 1.97. The summed E-state index contributed by atoms with van der Waals surface area (Å²) in [6.07, 6.45) is 1.69. The van der Waals surface area contributed by atoms with Gasteiger partial charge in [-0.05, 0) is 32.9 Å². The highest BCUT2D eigenvalue weighted by Crippen LogP contribution is 2.14. The van der Waals surface area contributed by atoms with E-state index in [2.05, 4.69) is 10.3 Å². The number of hydrogen-bond acceptors (Lipinski definition) is 3.